The first-order chi connectivity index (χ1) is 6.33. The SMILES string of the molecule is CSc1nccc2c(N)cccc12. The average molecular weight is 190 g/mol. The van der Waals surface area contributed by atoms with Crippen molar-refractivity contribution in [2.75, 3.05) is 12.0 Å². The molecule has 0 amide bonds. The molecule has 1 heterocycles. The van der Waals surface area contributed by atoms with Crippen LogP contribution >= 0.6 is 11.8 Å². The van der Waals surface area contributed by atoms with Gasteiger partial charge in [-0.25, -0.2) is 4.98 Å². The van der Waals surface area contributed by atoms with E-state index in [0.29, 0.717) is 0 Å². The fourth-order valence-corrected chi connectivity index (χ4v) is 1.93. The summed E-state index contributed by atoms with van der Waals surface area (Å²) in [5, 5.41) is 3.25. The van der Waals surface area contributed by atoms with Gasteiger partial charge >= 0.3 is 0 Å². The van der Waals surface area contributed by atoms with Gasteiger partial charge in [0.05, 0.1) is 0 Å². The maximum absolute atomic E-state index is 5.84. The number of aromatic nitrogens is 1. The van der Waals surface area contributed by atoms with Gasteiger partial charge in [-0.1, -0.05) is 12.1 Å². The third kappa shape index (κ3) is 1.35. The molecule has 1 aromatic carbocycles. The van der Waals surface area contributed by atoms with E-state index in [9.17, 15) is 0 Å². The van der Waals surface area contributed by atoms with E-state index in [1.807, 2.05) is 30.5 Å². The van der Waals surface area contributed by atoms with Gasteiger partial charge in [0.15, 0.2) is 0 Å². The Morgan fingerprint density at radius 1 is 1.23 bits per heavy atom. The third-order valence-corrected chi connectivity index (χ3v) is 2.71. The van der Waals surface area contributed by atoms with E-state index in [1.54, 1.807) is 18.0 Å². The quantitative estimate of drug-likeness (QED) is 0.554. The Kier molecular flexibility index (Phi) is 2.10. The molecule has 0 radical (unpaired) electrons. The van der Waals surface area contributed by atoms with E-state index in [1.165, 1.54) is 0 Å². The summed E-state index contributed by atoms with van der Waals surface area (Å²) < 4.78 is 0. The fraction of sp³-hybridized carbons (Fsp3) is 0.100. The first-order valence-electron chi connectivity index (χ1n) is 4.00. The van der Waals surface area contributed by atoms with Crippen LogP contribution in [0.15, 0.2) is 35.5 Å². The van der Waals surface area contributed by atoms with Crippen molar-refractivity contribution in [2.45, 2.75) is 5.03 Å². The second-order valence-electron chi connectivity index (χ2n) is 2.76. The van der Waals surface area contributed by atoms with Crippen LogP contribution in [0.2, 0.25) is 0 Å². The second-order valence-corrected chi connectivity index (χ2v) is 3.56. The van der Waals surface area contributed by atoms with E-state index >= 15 is 0 Å². The number of nitrogen functional groups attached to an aromatic ring is 1. The van der Waals surface area contributed by atoms with E-state index in [-0.39, 0.29) is 0 Å². The summed E-state index contributed by atoms with van der Waals surface area (Å²) in [6.45, 7) is 0. The average Bonchev–Trinajstić information content (AvgIpc) is 2.18. The van der Waals surface area contributed by atoms with Gasteiger partial charge in [-0.3, -0.25) is 0 Å². The molecular formula is C10H10N2S. The van der Waals surface area contributed by atoms with Crippen LogP contribution < -0.4 is 5.73 Å². The maximum atomic E-state index is 5.84. The lowest BCUT2D eigenvalue weighted by atomic mass is 10.1. The molecule has 3 heteroatoms. The molecule has 13 heavy (non-hydrogen) atoms. The second kappa shape index (κ2) is 3.26. The molecule has 0 atom stereocenters. The number of anilines is 1. The summed E-state index contributed by atoms with van der Waals surface area (Å²) in [7, 11) is 0. The summed E-state index contributed by atoms with van der Waals surface area (Å²) in [5.74, 6) is 0. The summed E-state index contributed by atoms with van der Waals surface area (Å²) in [6.07, 6.45) is 3.81. The predicted octanol–water partition coefficient (Wildman–Crippen LogP) is 2.54. The van der Waals surface area contributed by atoms with Crippen LogP contribution in [0.1, 0.15) is 0 Å². The van der Waals surface area contributed by atoms with Gasteiger partial charge < -0.3 is 5.73 Å². The molecule has 0 aliphatic heterocycles. The van der Waals surface area contributed by atoms with Gasteiger partial charge in [0.25, 0.3) is 0 Å². The van der Waals surface area contributed by atoms with Crippen molar-refractivity contribution in [3.63, 3.8) is 0 Å². The van der Waals surface area contributed by atoms with Gasteiger partial charge in [-0.05, 0) is 18.4 Å². The van der Waals surface area contributed by atoms with Crippen molar-refractivity contribution < 1.29 is 0 Å². The molecule has 1 aromatic heterocycles. The van der Waals surface area contributed by atoms with Crippen LogP contribution in [0.4, 0.5) is 5.69 Å². The van der Waals surface area contributed by atoms with E-state index < -0.39 is 0 Å². The molecule has 0 fully saturated rings. The molecule has 0 spiro atoms. The van der Waals surface area contributed by atoms with Crippen LogP contribution in [0.3, 0.4) is 0 Å². The highest BCUT2D eigenvalue weighted by Crippen LogP contribution is 2.27. The molecule has 0 saturated heterocycles. The lowest BCUT2D eigenvalue weighted by Crippen LogP contribution is -1.88. The smallest absolute Gasteiger partial charge is 0.104 e. The minimum absolute atomic E-state index is 0.815. The summed E-state index contributed by atoms with van der Waals surface area (Å²) >= 11 is 1.64. The Balaban J connectivity index is 2.84. The minimum Gasteiger partial charge on any atom is -0.398 e. The molecule has 2 nitrogen and oxygen atoms in total. The lowest BCUT2D eigenvalue weighted by Gasteiger charge is -2.04. The summed E-state index contributed by atoms with van der Waals surface area (Å²) in [5.41, 5.74) is 6.66. The zero-order valence-corrected chi connectivity index (χ0v) is 8.14. The summed E-state index contributed by atoms with van der Waals surface area (Å²) in [6, 6.07) is 7.86. The van der Waals surface area contributed by atoms with E-state index in [0.717, 1.165) is 21.5 Å². The number of hydrogen-bond acceptors (Lipinski definition) is 3. The molecule has 0 aliphatic rings. The van der Waals surface area contributed by atoms with Crippen LogP contribution in [0, 0.1) is 0 Å². The number of nitrogens with two attached hydrogens (primary N) is 1. The fourth-order valence-electron chi connectivity index (χ4n) is 1.37. The number of benzene rings is 1. The molecule has 2 rings (SSSR count). The third-order valence-electron chi connectivity index (χ3n) is 2.00. The zero-order chi connectivity index (χ0) is 9.26. The summed E-state index contributed by atoms with van der Waals surface area (Å²) in [4.78, 5) is 4.27. The normalized spacial score (nSPS) is 10.5. The van der Waals surface area contributed by atoms with Crippen LogP contribution in [-0.4, -0.2) is 11.2 Å². The Morgan fingerprint density at radius 2 is 2.08 bits per heavy atom. The van der Waals surface area contributed by atoms with Gasteiger partial charge in [0, 0.05) is 22.7 Å². The predicted molar refractivity (Wildman–Crippen MR) is 57.9 cm³/mol. The molecule has 2 N–H and O–H groups in total. The van der Waals surface area contributed by atoms with E-state index in [2.05, 4.69) is 4.98 Å². The Labute approximate surface area is 81.2 Å². The van der Waals surface area contributed by atoms with Gasteiger partial charge in [-0.2, -0.15) is 0 Å². The van der Waals surface area contributed by atoms with Gasteiger partial charge in [0.2, 0.25) is 0 Å². The van der Waals surface area contributed by atoms with Crippen molar-refractivity contribution in [3.8, 4) is 0 Å². The molecule has 0 saturated carbocycles. The first kappa shape index (κ1) is 8.38. The highest BCUT2D eigenvalue weighted by Gasteiger charge is 2.01. The van der Waals surface area contributed by atoms with Crippen LogP contribution in [0.25, 0.3) is 10.8 Å². The molecule has 2 aromatic rings. The van der Waals surface area contributed by atoms with Crippen LogP contribution in [-0.2, 0) is 0 Å². The van der Waals surface area contributed by atoms with Crippen molar-refractivity contribution in [1.29, 1.82) is 0 Å². The van der Waals surface area contributed by atoms with Gasteiger partial charge in [-0.15, -0.1) is 11.8 Å². The molecule has 0 aliphatic carbocycles. The van der Waals surface area contributed by atoms with Crippen molar-refractivity contribution >= 4 is 28.2 Å². The largest absolute Gasteiger partial charge is 0.398 e. The van der Waals surface area contributed by atoms with Crippen molar-refractivity contribution in [1.82, 2.24) is 4.98 Å². The topological polar surface area (TPSA) is 38.9 Å². The van der Waals surface area contributed by atoms with Crippen LogP contribution in [0.5, 0.6) is 0 Å². The minimum atomic E-state index is 0.815. The van der Waals surface area contributed by atoms with Crippen molar-refractivity contribution in [3.05, 3.63) is 30.5 Å². The first-order valence-corrected chi connectivity index (χ1v) is 5.22. The molecule has 0 bridgehead atoms. The Hall–Kier alpha value is -1.22. The Morgan fingerprint density at radius 3 is 2.85 bits per heavy atom. The standard InChI is InChI=1S/C10H10N2S/c1-13-10-8-3-2-4-9(11)7(8)5-6-12-10/h2-6H,11H2,1H3. The van der Waals surface area contributed by atoms with E-state index in [4.69, 9.17) is 5.73 Å². The molecule has 66 valence electrons. The van der Waals surface area contributed by atoms with Gasteiger partial charge in [0.1, 0.15) is 5.03 Å². The Bertz CT molecular complexity index is 440. The zero-order valence-electron chi connectivity index (χ0n) is 7.32. The number of fused-ring (bicyclic) bond motifs is 1. The number of pyridine rings is 1. The maximum Gasteiger partial charge on any atom is 0.104 e. The number of nitrogens with zero attached hydrogens (tertiary/aromatic N) is 1. The van der Waals surface area contributed by atoms with Crippen molar-refractivity contribution in [2.24, 2.45) is 0 Å². The molecular weight excluding hydrogens is 180 g/mol. The monoisotopic (exact) mass is 190 g/mol. The lowest BCUT2D eigenvalue weighted by molar-refractivity contribution is 1.18. The highest BCUT2D eigenvalue weighted by atomic mass is 32.2. The number of hydrogen-bond donors (Lipinski definition) is 1. The highest BCUT2D eigenvalue weighted by molar-refractivity contribution is 7.98. The number of thioether (sulfide) groups is 1. The molecule has 0 unspecified atom stereocenters. The number of rotatable bonds is 1.